The molecule has 2 fully saturated rings. The van der Waals surface area contributed by atoms with Crippen LogP contribution in [0.1, 0.15) is 36.8 Å². The van der Waals surface area contributed by atoms with Gasteiger partial charge in [-0.2, -0.15) is 4.98 Å². The first-order valence-corrected chi connectivity index (χ1v) is 21.9. The number of nitrogens with zero attached hydrogens (tertiary/aromatic N) is 6. The second kappa shape index (κ2) is 16.5. The van der Waals surface area contributed by atoms with E-state index in [9.17, 15) is 14.2 Å². The van der Waals surface area contributed by atoms with Gasteiger partial charge in [-0.3, -0.25) is 29.8 Å². The Kier molecular flexibility index (Phi) is 11.6. The summed E-state index contributed by atoms with van der Waals surface area (Å²) in [6, 6.07) is 15.9. The maximum absolute atomic E-state index is 13.5. The number of ether oxygens (including phenoxy) is 1. The molecule has 3 aromatic carbocycles. The van der Waals surface area contributed by atoms with Crippen LogP contribution < -0.4 is 36.2 Å². The summed E-state index contributed by atoms with van der Waals surface area (Å²) in [6.07, 6.45) is 7.68. The molecule has 4 heterocycles. The first kappa shape index (κ1) is 39.1. The normalized spacial score (nSPS) is 16.6. The molecule has 5 aromatic rings. The summed E-state index contributed by atoms with van der Waals surface area (Å²) in [4.78, 5) is 47.0. The van der Waals surface area contributed by atoms with Crippen LogP contribution in [0.3, 0.4) is 0 Å². The van der Waals surface area contributed by atoms with E-state index in [0.29, 0.717) is 62.9 Å². The van der Waals surface area contributed by atoms with Gasteiger partial charge < -0.3 is 30.2 Å². The zero-order valence-electron chi connectivity index (χ0n) is 32.1. The molecule has 16 heteroatoms. The highest BCUT2D eigenvalue weighted by atomic mass is 79.9. The van der Waals surface area contributed by atoms with E-state index in [1.165, 1.54) is 0 Å². The number of nitrogens with one attached hydrogen (secondary N) is 4. The number of carbonyl (C=O) groups excluding carboxylic acids is 2. The van der Waals surface area contributed by atoms with E-state index in [1.807, 2.05) is 30.3 Å². The van der Waals surface area contributed by atoms with Crippen LogP contribution in [-0.4, -0.2) is 89.3 Å². The van der Waals surface area contributed by atoms with Crippen LogP contribution >= 0.6 is 23.1 Å². The Morgan fingerprint density at radius 1 is 0.982 bits per heavy atom. The largest absolute Gasteiger partial charge is 0.494 e. The number of fused-ring (bicyclic) bond motifs is 1. The molecule has 2 aliphatic heterocycles. The Morgan fingerprint density at radius 3 is 2.50 bits per heavy atom. The molecule has 1 unspecified atom stereocenters. The third-order valence-electron chi connectivity index (χ3n) is 10.3. The molecule has 0 spiro atoms. The van der Waals surface area contributed by atoms with Crippen molar-refractivity contribution in [1.29, 1.82) is 0 Å². The average Bonchev–Trinajstić information content (AvgIpc) is 3.17. The number of halogens is 1. The van der Waals surface area contributed by atoms with Crippen LogP contribution in [0, 0.1) is 6.92 Å². The highest BCUT2D eigenvalue weighted by Gasteiger charge is 2.29. The van der Waals surface area contributed by atoms with Crippen molar-refractivity contribution in [3.8, 4) is 5.75 Å². The summed E-state index contributed by atoms with van der Waals surface area (Å²) in [5.41, 5.74) is 6.86. The molecule has 0 saturated carbocycles. The Bertz CT molecular complexity index is 2330. The van der Waals surface area contributed by atoms with E-state index in [2.05, 4.69) is 94.1 Å². The maximum Gasteiger partial charge on any atom is 0.249 e. The number of para-hydroxylation sites is 1. The number of anilines is 6. The van der Waals surface area contributed by atoms with Crippen molar-refractivity contribution in [3.63, 3.8) is 0 Å². The maximum atomic E-state index is 13.5. The highest BCUT2D eigenvalue weighted by Crippen LogP contribution is 2.42. The van der Waals surface area contributed by atoms with Crippen LogP contribution in [0.5, 0.6) is 5.75 Å². The second-order valence-corrected chi connectivity index (χ2v) is 18.7. The lowest BCUT2D eigenvalue weighted by atomic mass is 10.0. The van der Waals surface area contributed by atoms with Gasteiger partial charge in [-0.15, -0.1) is 0 Å². The van der Waals surface area contributed by atoms with Gasteiger partial charge in [0.15, 0.2) is 0 Å². The van der Waals surface area contributed by atoms with Crippen molar-refractivity contribution in [2.45, 2.75) is 51.2 Å². The zero-order valence-corrected chi connectivity index (χ0v) is 34.6. The molecular weight excluding hydrogens is 795 g/mol. The van der Waals surface area contributed by atoms with Gasteiger partial charge in [-0.05, 0) is 97.9 Å². The average molecular weight is 842 g/mol. The topological polar surface area (TPSA) is 167 Å². The third-order valence-corrected chi connectivity index (χ3v) is 12.5. The first-order chi connectivity index (χ1) is 26.9. The van der Waals surface area contributed by atoms with Gasteiger partial charge >= 0.3 is 0 Å². The lowest BCUT2D eigenvalue weighted by molar-refractivity contribution is -0.133. The van der Waals surface area contributed by atoms with Gasteiger partial charge in [0.2, 0.25) is 17.8 Å². The minimum absolute atomic E-state index is 0.219. The van der Waals surface area contributed by atoms with Crippen molar-refractivity contribution in [2.24, 2.45) is 0 Å². The molecule has 1 atom stereocenters. The minimum Gasteiger partial charge on any atom is -0.494 e. The van der Waals surface area contributed by atoms with Crippen molar-refractivity contribution < 1.29 is 18.9 Å². The fraction of sp³-hybridized carbons (Fsp3) is 0.350. The van der Waals surface area contributed by atoms with E-state index in [1.54, 1.807) is 39.0 Å². The predicted octanol–water partition coefficient (Wildman–Crippen LogP) is 6.55. The molecule has 14 nitrogen and oxygen atoms in total. The molecule has 0 bridgehead atoms. The number of hydrogen-bond acceptors (Lipinski definition) is 13. The SMILES string of the molecule is COc1cc(N2CCC(N(C)Cc3ccccc3NC3CCC(=O)NC3=O)CC2)c(C)cc1Nc1ncc(Br)c(Nc2ccc3nccnc3c2P(C)(C)=O)n1. The van der Waals surface area contributed by atoms with Crippen LogP contribution in [0.2, 0.25) is 0 Å². The molecule has 2 amide bonds. The summed E-state index contributed by atoms with van der Waals surface area (Å²) >= 11 is 3.57. The molecule has 56 heavy (non-hydrogen) atoms. The van der Waals surface area contributed by atoms with Gasteiger partial charge in [0.25, 0.3) is 0 Å². The molecule has 2 saturated heterocycles. The lowest BCUT2D eigenvalue weighted by Gasteiger charge is -2.39. The number of aromatic nitrogens is 4. The summed E-state index contributed by atoms with van der Waals surface area (Å²) in [6.45, 7) is 8.04. The second-order valence-electron chi connectivity index (χ2n) is 14.7. The molecule has 4 N–H and O–H groups in total. The fourth-order valence-corrected chi connectivity index (χ4v) is 9.16. The van der Waals surface area contributed by atoms with Crippen LogP contribution in [-0.2, 0) is 20.7 Å². The Morgan fingerprint density at radius 2 is 1.75 bits per heavy atom. The van der Waals surface area contributed by atoms with Crippen molar-refractivity contribution in [2.75, 3.05) is 61.4 Å². The Balaban J connectivity index is 1.02. The van der Waals surface area contributed by atoms with Crippen molar-refractivity contribution >= 4 is 85.7 Å². The van der Waals surface area contributed by atoms with Crippen LogP contribution in [0.15, 0.2) is 71.6 Å². The first-order valence-electron chi connectivity index (χ1n) is 18.6. The van der Waals surface area contributed by atoms with E-state index in [4.69, 9.17) is 9.72 Å². The van der Waals surface area contributed by atoms with Crippen LogP contribution in [0.25, 0.3) is 11.0 Å². The van der Waals surface area contributed by atoms with Gasteiger partial charge in [0.1, 0.15) is 30.3 Å². The quantitative estimate of drug-likeness (QED) is 0.0790. The number of aryl methyl sites for hydroxylation is 1. The summed E-state index contributed by atoms with van der Waals surface area (Å²) in [5, 5.41) is 13.1. The van der Waals surface area contributed by atoms with Crippen molar-refractivity contribution in [1.82, 2.24) is 30.2 Å². The summed E-state index contributed by atoms with van der Waals surface area (Å²) in [5.74, 6) is 1.03. The van der Waals surface area contributed by atoms with Gasteiger partial charge in [0, 0.05) is 68.1 Å². The molecule has 7 rings (SSSR count). The highest BCUT2D eigenvalue weighted by molar-refractivity contribution is 9.10. The minimum atomic E-state index is -2.77. The smallest absolute Gasteiger partial charge is 0.249 e. The number of benzene rings is 3. The molecule has 292 valence electrons. The number of methoxy groups -OCH3 is 1. The molecule has 2 aliphatic rings. The van der Waals surface area contributed by atoms with E-state index in [-0.39, 0.29) is 11.8 Å². The molecule has 2 aromatic heterocycles. The molecule has 0 aliphatic carbocycles. The van der Waals surface area contributed by atoms with Crippen molar-refractivity contribution in [3.05, 3.63) is 82.7 Å². The standard InChI is InChI=1S/C40H46BrN10O4P/c1-24-20-32(47-40-44-22-27(41)38(49-40)46-30-11-10-29-36(43-17-16-42-29)37(30)56(4,5)54)34(55-3)21-33(24)51-18-14-26(15-19-51)50(2)23-25-8-6-7-9-28(25)45-31-12-13-35(52)48-39(31)53/h6-11,16-17,20-22,26,31,45H,12-15,18-19,23H2,1-5H3,(H,48,52,53)(H2,44,46,47,49). The zero-order chi connectivity index (χ0) is 39.6. The number of piperidine rings is 2. The molecule has 0 radical (unpaired) electrons. The predicted molar refractivity (Wildman–Crippen MR) is 226 cm³/mol. The summed E-state index contributed by atoms with van der Waals surface area (Å²) in [7, 11) is 1.04. The van der Waals surface area contributed by atoms with Crippen LogP contribution in [0.4, 0.5) is 34.5 Å². The number of imide groups is 1. The number of hydrogen-bond donors (Lipinski definition) is 4. The number of rotatable bonds is 12. The fourth-order valence-electron chi connectivity index (χ4n) is 7.48. The molecular formula is C40H46BrN10O4P. The van der Waals surface area contributed by atoms with Gasteiger partial charge in [-0.1, -0.05) is 18.2 Å². The summed E-state index contributed by atoms with van der Waals surface area (Å²) < 4.78 is 20.0. The monoisotopic (exact) mass is 840 g/mol. The van der Waals surface area contributed by atoms with E-state index < -0.39 is 13.2 Å². The van der Waals surface area contributed by atoms with E-state index in [0.717, 1.165) is 60.7 Å². The number of amides is 2. The van der Waals surface area contributed by atoms with Gasteiger partial charge in [-0.25, -0.2) is 4.98 Å². The third kappa shape index (κ3) is 8.64. The lowest BCUT2D eigenvalue weighted by Crippen LogP contribution is -2.47. The Hall–Kier alpha value is -5.11. The van der Waals surface area contributed by atoms with E-state index >= 15 is 0 Å². The van der Waals surface area contributed by atoms with Gasteiger partial charge in [0.05, 0.1) is 33.8 Å². The Labute approximate surface area is 334 Å². The number of carbonyl (C=O) groups is 2.